The van der Waals surface area contributed by atoms with Gasteiger partial charge in [-0.1, -0.05) is 79.4 Å². The monoisotopic (exact) mass is 332 g/mol. The summed E-state index contributed by atoms with van der Waals surface area (Å²) < 4.78 is 0. The highest BCUT2D eigenvalue weighted by Crippen LogP contribution is 2.60. The highest BCUT2D eigenvalue weighted by Gasteiger charge is 2.51. The molecule has 0 spiro atoms. The zero-order valence-electron chi connectivity index (χ0n) is 17.5. The molecule has 0 N–H and O–H groups in total. The maximum atomic E-state index is 2.53. The number of hydrogen-bond donors (Lipinski definition) is 0. The molecule has 0 heteroatoms. The molecule has 0 aliphatic heterocycles. The molecular weight excluding hydrogens is 288 g/mol. The smallest absolute Gasteiger partial charge is 0.0205 e. The molecular formula is C24H44. The number of hydrogen-bond acceptors (Lipinski definition) is 0. The van der Waals surface area contributed by atoms with Crippen molar-refractivity contribution in [2.24, 2.45) is 40.9 Å². The molecule has 0 bridgehead atoms. The molecule has 2 saturated carbocycles. The van der Waals surface area contributed by atoms with Crippen molar-refractivity contribution >= 4 is 0 Å². The Morgan fingerprint density at radius 1 is 1.12 bits per heavy atom. The van der Waals surface area contributed by atoms with Crippen LogP contribution in [0.2, 0.25) is 0 Å². The first-order chi connectivity index (χ1) is 11.4. The van der Waals surface area contributed by atoms with Gasteiger partial charge in [0, 0.05) is 0 Å². The summed E-state index contributed by atoms with van der Waals surface area (Å²) in [5, 5.41) is 0. The highest BCUT2D eigenvalue weighted by molar-refractivity contribution is 5.07. The second-order valence-corrected chi connectivity index (χ2v) is 9.72. The summed E-state index contributed by atoms with van der Waals surface area (Å²) in [6.07, 6.45) is 17.7. The lowest BCUT2D eigenvalue weighted by Crippen LogP contribution is -2.10. The molecule has 0 aromatic rings. The Labute approximate surface area is 152 Å². The molecule has 24 heavy (non-hydrogen) atoms. The average Bonchev–Trinajstić information content (AvgIpc) is 3.44. The predicted molar refractivity (Wildman–Crippen MR) is 108 cm³/mol. The minimum Gasteiger partial charge on any atom is -0.0883 e. The van der Waals surface area contributed by atoms with Gasteiger partial charge in [0.1, 0.15) is 0 Å². The van der Waals surface area contributed by atoms with E-state index in [4.69, 9.17) is 0 Å². The average molecular weight is 333 g/mol. The molecule has 0 amide bonds. The van der Waals surface area contributed by atoms with Crippen LogP contribution in [-0.4, -0.2) is 0 Å². The minimum atomic E-state index is 0.610. The highest BCUT2D eigenvalue weighted by atomic mass is 14.6. The second kappa shape index (κ2) is 8.91. The van der Waals surface area contributed by atoms with Crippen molar-refractivity contribution in [3.63, 3.8) is 0 Å². The molecule has 0 aromatic heterocycles. The van der Waals surface area contributed by atoms with Gasteiger partial charge in [-0.2, -0.15) is 0 Å². The van der Waals surface area contributed by atoms with Gasteiger partial charge in [-0.05, 0) is 73.0 Å². The van der Waals surface area contributed by atoms with Crippen molar-refractivity contribution in [1.82, 2.24) is 0 Å². The Balaban J connectivity index is 1.63. The molecule has 0 saturated heterocycles. The molecule has 0 radical (unpaired) electrons. The van der Waals surface area contributed by atoms with E-state index in [9.17, 15) is 0 Å². The summed E-state index contributed by atoms with van der Waals surface area (Å²) >= 11 is 0. The maximum absolute atomic E-state index is 2.53. The first-order valence-electron chi connectivity index (χ1n) is 11.1. The Kier molecular flexibility index (Phi) is 7.44. The number of unbranched alkanes of at least 4 members (excludes halogenated alkanes) is 1. The topological polar surface area (TPSA) is 0 Å². The molecule has 140 valence electrons. The maximum Gasteiger partial charge on any atom is -0.0205 e. The third-order valence-electron chi connectivity index (χ3n) is 7.72. The molecule has 7 atom stereocenters. The van der Waals surface area contributed by atoms with Gasteiger partial charge < -0.3 is 0 Å². The van der Waals surface area contributed by atoms with Crippen LogP contribution in [0.1, 0.15) is 99.3 Å². The standard InChI is InChI=1S/C24H44/c1-7-9-10-11-20(5)24(6)17-22(24)15-13-18(3)12-14-21(8-2)23-16-19(23)4/h10-11,18-23H,7-9,12-17H2,1-6H3. The van der Waals surface area contributed by atoms with E-state index in [1.165, 1.54) is 57.8 Å². The Morgan fingerprint density at radius 3 is 2.42 bits per heavy atom. The zero-order valence-corrected chi connectivity index (χ0v) is 17.5. The fourth-order valence-electron chi connectivity index (χ4n) is 5.01. The summed E-state index contributed by atoms with van der Waals surface area (Å²) in [6.45, 7) is 14.6. The minimum absolute atomic E-state index is 0.610. The summed E-state index contributed by atoms with van der Waals surface area (Å²) in [5.41, 5.74) is 0.610. The number of allylic oxidation sites excluding steroid dienone is 2. The van der Waals surface area contributed by atoms with Crippen molar-refractivity contribution in [3.05, 3.63) is 12.2 Å². The van der Waals surface area contributed by atoms with Gasteiger partial charge in [0.05, 0.1) is 0 Å². The van der Waals surface area contributed by atoms with Crippen molar-refractivity contribution in [3.8, 4) is 0 Å². The third-order valence-corrected chi connectivity index (χ3v) is 7.72. The first-order valence-corrected chi connectivity index (χ1v) is 11.1. The van der Waals surface area contributed by atoms with Crippen molar-refractivity contribution in [2.75, 3.05) is 0 Å². The van der Waals surface area contributed by atoms with Gasteiger partial charge >= 0.3 is 0 Å². The third kappa shape index (κ3) is 5.37. The molecule has 7 unspecified atom stereocenters. The fraction of sp³-hybridized carbons (Fsp3) is 0.917. The van der Waals surface area contributed by atoms with Gasteiger partial charge in [0.2, 0.25) is 0 Å². The van der Waals surface area contributed by atoms with Crippen molar-refractivity contribution in [1.29, 1.82) is 0 Å². The SMILES string of the molecule is CCCC=CC(C)C1(C)CC1CCC(C)CCC(CC)C1CC1C. The van der Waals surface area contributed by atoms with E-state index < -0.39 is 0 Å². The van der Waals surface area contributed by atoms with Gasteiger partial charge in [-0.3, -0.25) is 0 Å². The second-order valence-electron chi connectivity index (χ2n) is 9.72. The molecule has 2 fully saturated rings. The molecule has 0 aromatic carbocycles. The van der Waals surface area contributed by atoms with Crippen LogP contribution in [0.4, 0.5) is 0 Å². The van der Waals surface area contributed by atoms with Gasteiger partial charge in [0.25, 0.3) is 0 Å². The van der Waals surface area contributed by atoms with Crippen LogP contribution in [0, 0.1) is 40.9 Å². The molecule has 2 aliphatic carbocycles. The Hall–Kier alpha value is -0.260. The van der Waals surface area contributed by atoms with Crippen LogP contribution in [-0.2, 0) is 0 Å². The van der Waals surface area contributed by atoms with E-state index >= 15 is 0 Å². The van der Waals surface area contributed by atoms with E-state index in [1.807, 2.05) is 0 Å². The first kappa shape index (κ1) is 20.1. The lowest BCUT2D eigenvalue weighted by atomic mass is 9.86. The van der Waals surface area contributed by atoms with Gasteiger partial charge in [-0.25, -0.2) is 0 Å². The summed E-state index contributed by atoms with van der Waals surface area (Å²) in [4.78, 5) is 0. The molecule has 0 heterocycles. The fourth-order valence-corrected chi connectivity index (χ4v) is 5.01. The summed E-state index contributed by atoms with van der Waals surface area (Å²) in [5.74, 6) is 5.82. The summed E-state index contributed by atoms with van der Waals surface area (Å²) in [6, 6.07) is 0. The molecule has 2 rings (SSSR count). The van der Waals surface area contributed by atoms with Crippen LogP contribution >= 0.6 is 0 Å². The van der Waals surface area contributed by atoms with Gasteiger partial charge in [0.15, 0.2) is 0 Å². The number of rotatable bonds is 12. The summed E-state index contributed by atoms with van der Waals surface area (Å²) in [7, 11) is 0. The largest absolute Gasteiger partial charge is 0.0883 e. The van der Waals surface area contributed by atoms with Crippen LogP contribution in [0.15, 0.2) is 12.2 Å². The van der Waals surface area contributed by atoms with Crippen molar-refractivity contribution < 1.29 is 0 Å². The van der Waals surface area contributed by atoms with Crippen LogP contribution < -0.4 is 0 Å². The van der Waals surface area contributed by atoms with E-state index in [2.05, 4.69) is 53.7 Å². The van der Waals surface area contributed by atoms with E-state index in [0.29, 0.717) is 5.41 Å². The van der Waals surface area contributed by atoms with E-state index in [1.54, 1.807) is 0 Å². The van der Waals surface area contributed by atoms with E-state index in [-0.39, 0.29) is 0 Å². The van der Waals surface area contributed by atoms with Crippen LogP contribution in [0.5, 0.6) is 0 Å². The van der Waals surface area contributed by atoms with E-state index in [0.717, 1.165) is 35.5 Å². The Bertz CT molecular complexity index is 395. The lowest BCUT2D eigenvalue weighted by Gasteiger charge is -2.20. The van der Waals surface area contributed by atoms with Crippen molar-refractivity contribution in [2.45, 2.75) is 99.3 Å². The normalized spacial score (nSPS) is 35.8. The lowest BCUT2D eigenvalue weighted by molar-refractivity contribution is 0.325. The predicted octanol–water partition coefficient (Wildman–Crippen LogP) is 7.88. The van der Waals surface area contributed by atoms with Crippen LogP contribution in [0.3, 0.4) is 0 Å². The van der Waals surface area contributed by atoms with Crippen LogP contribution in [0.25, 0.3) is 0 Å². The zero-order chi connectivity index (χ0) is 17.7. The molecule has 0 nitrogen and oxygen atoms in total. The quantitative estimate of drug-likeness (QED) is 0.319. The molecule has 2 aliphatic rings. The van der Waals surface area contributed by atoms with Gasteiger partial charge in [-0.15, -0.1) is 0 Å². The Morgan fingerprint density at radius 2 is 1.83 bits per heavy atom.